The third kappa shape index (κ3) is 5.86. The number of thioether (sulfide) groups is 1. The second-order valence-corrected chi connectivity index (χ2v) is 8.46. The van der Waals surface area contributed by atoms with Crippen molar-refractivity contribution in [1.29, 1.82) is 0 Å². The molecule has 4 aromatic rings. The molecule has 0 aliphatic heterocycles. The minimum absolute atomic E-state index is 0.0573. The van der Waals surface area contributed by atoms with Gasteiger partial charge in [0.1, 0.15) is 5.82 Å². The zero-order chi connectivity index (χ0) is 22.2. The smallest absolute Gasteiger partial charge is 0.234 e. The third-order valence-electron chi connectivity index (χ3n) is 5.16. The molecule has 32 heavy (non-hydrogen) atoms. The molecule has 4 rings (SSSR count). The normalized spacial score (nSPS) is 10.8. The highest BCUT2D eigenvalue weighted by Crippen LogP contribution is 2.21. The number of nitrogens with one attached hydrogen (secondary N) is 1. The van der Waals surface area contributed by atoms with Crippen molar-refractivity contribution in [2.24, 2.45) is 0 Å². The van der Waals surface area contributed by atoms with Crippen LogP contribution in [0.3, 0.4) is 0 Å². The highest BCUT2D eigenvalue weighted by atomic mass is 32.2. The SMILES string of the molecule is CCc1ccc(NC(=O)CSc2nnc(Cc3ccccc3)n2Cc2ccccc2)cc1. The van der Waals surface area contributed by atoms with Crippen molar-refractivity contribution in [2.45, 2.75) is 31.5 Å². The van der Waals surface area contributed by atoms with Crippen LogP contribution in [0.2, 0.25) is 0 Å². The summed E-state index contributed by atoms with van der Waals surface area (Å²) >= 11 is 1.41. The van der Waals surface area contributed by atoms with Crippen molar-refractivity contribution in [3.05, 3.63) is 107 Å². The van der Waals surface area contributed by atoms with E-state index in [1.165, 1.54) is 28.5 Å². The molecule has 0 unspecified atom stereocenters. The van der Waals surface area contributed by atoms with E-state index in [1.54, 1.807) is 0 Å². The molecule has 162 valence electrons. The Labute approximate surface area is 192 Å². The van der Waals surface area contributed by atoms with E-state index >= 15 is 0 Å². The Hall–Kier alpha value is -3.38. The fourth-order valence-corrected chi connectivity index (χ4v) is 4.17. The van der Waals surface area contributed by atoms with Gasteiger partial charge >= 0.3 is 0 Å². The standard InChI is InChI=1S/C26H26N4OS/c1-2-20-13-15-23(16-14-20)27-25(31)19-32-26-29-28-24(17-21-9-5-3-6-10-21)30(26)18-22-11-7-4-8-12-22/h3-16H,2,17-19H2,1H3,(H,27,31). The molecule has 0 radical (unpaired) electrons. The number of hydrogen-bond acceptors (Lipinski definition) is 4. The quantitative estimate of drug-likeness (QED) is 0.362. The van der Waals surface area contributed by atoms with Crippen molar-refractivity contribution in [3.8, 4) is 0 Å². The van der Waals surface area contributed by atoms with Gasteiger partial charge in [-0.3, -0.25) is 4.79 Å². The van der Waals surface area contributed by atoms with Crippen molar-refractivity contribution >= 4 is 23.4 Å². The van der Waals surface area contributed by atoms with Crippen LogP contribution in [-0.4, -0.2) is 26.4 Å². The molecule has 1 heterocycles. The zero-order valence-corrected chi connectivity index (χ0v) is 18.9. The number of rotatable bonds is 9. The predicted octanol–water partition coefficient (Wildman–Crippen LogP) is 5.21. The predicted molar refractivity (Wildman–Crippen MR) is 130 cm³/mol. The van der Waals surface area contributed by atoms with E-state index in [4.69, 9.17) is 0 Å². The third-order valence-corrected chi connectivity index (χ3v) is 6.13. The average Bonchev–Trinajstić information content (AvgIpc) is 3.20. The van der Waals surface area contributed by atoms with Crippen LogP contribution in [-0.2, 0) is 24.2 Å². The fourth-order valence-electron chi connectivity index (χ4n) is 3.41. The summed E-state index contributed by atoms with van der Waals surface area (Å²) < 4.78 is 2.11. The van der Waals surface area contributed by atoms with Crippen molar-refractivity contribution in [2.75, 3.05) is 11.1 Å². The number of benzene rings is 3. The van der Waals surface area contributed by atoms with Crippen LogP contribution in [0.5, 0.6) is 0 Å². The molecule has 0 atom stereocenters. The number of carbonyl (C=O) groups excluding carboxylic acids is 1. The summed E-state index contributed by atoms with van der Waals surface area (Å²) in [7, 11) is 0. The molecule has 0 spiro atoms. The molecular weight excluding hydrogens is 416 g/mol. The van der Waals surface area contributed by atoms with Gasteiger partial charge in [0.15, 0.2) is 5.16 Å². The molecule has 6 heteroatoms. The number of aryl methyl sites for hydroxylation is 1. The monoisotopic (exact) mass is 442 g/mol. The lowest BCUT2D eigenvalue weighted by Crippen LogP contribution is -2.15. The van der Waals surface area contributed by atoms with E-state index in [0.717, 1.165) is 23.1 Å². The average molecular weight is 443 g/mol. The Bertz CT molecular complexity index is 1140. The van der Waals surface area contributed by atoms with Gasteiger partial charge in [0.25, 0.3) is 0 Å². The van der Waals surface area contributed by atoms with E-state index in [9.17, 15) is 4.79 Å². The maximum Gasteiger partial charge on any atom is 0.234 e. The highest BCUT2D eigenvalue weighted by molar-refractivity contribution is 7.99. The Morgan fingerprint density at radius 1 is 0.844 bits per heavy atom. The largest absolute Gasteiger partial charge is 0.325 e. The van der Waals surface area contributed by atoms with Crippen molar-refractivity contribution in [1.82, 2.24) is 14.8 Å². The number of anilines is 1. The van der Waals surface area contributed by atoms with E-state index in [0.29, 0.717) is 13.0 Å². The molecule has 0 bridgehead atoms. The van der Waals surface area contributed by atoms with Gasteiger partial charge < -0.3 is 9.88 Å². The molecule has 5 nitrogen and oxygen atoms in total. The lowest BCUT2D eigenvalue weighted by atomic mass is 10.1. The molecule has 1 N–H and O–H groups in total. The number of carbonyl (C=O) groups is 1. The fraction of sp³-hybridized carbons (Fsp3) is 0.192. The first-order valence-corrected chi connectivity index (χ1v) is 11.7. The summed E-state index contributed by atoms with van der Waals surface area (Å²) in [5.74, 6) is 1.10. The molecule has 0 saturated carbocycles. The molecule has 3 aromatic carbocycles. The Kier molecular flexibility index (Phi) is 7.35. The molecule has 1 aromatic heterocycles. The molecule has 1 amide bonds. The summed E-state index contributed by atoms with van der Waals surface area (Å²) in [6, 6.07) is 28.4. The second kappa shape index (κ2) is 10.8. The van der Waals surface area contributed by atoms with Gasteiger partial charge in [-0.05, 0) is 35.2 Å². The van der Waals surface area contributed by atoms with Gasteiger partial charge in [0, 0.05) is 12.1 Å². The lowest BCUT2D eigenvalue weighted by Gasteiger charge is -2.11. The molecule has 0 aliphatic rings. The van der Waals surface area contributed by atoms with E-state index < -0.39 is 0 Å². The molecule has 0 saturated heterocycles. The van der Waals surface area contributed by atoms with Crippen LogP contribution in [0.1, 0.15) is 29.4 Å². The van der Waals surface area contributed by atoms with E-state index in [1.807, 2.05) is 60.7 Å². The Morgan fingerprint density at radius 2 is 1.50 bits per heavy atom. The van der Waals surface area contributed by atoms with Crippen LogP contribution in [0.4, 0.5) is 5.69 Å². The van der Waals surface area contributed by atoms with Gasteiger partial charge in [0.05, 0.1) is 12.3 Å². The molecule has 0 aliphatic carbocycles. The van der Waals surface area contributed by atoms with Crippen molar-refractivity contribution < 1.29 is 4.79 Å². The van der Waals surface area contributed by atoms with Gasteiger partial charge in [-0.2, -0.15) is 0 Å². The maximum absolute atomic E-state index is 12.5. The van der Waals surface area contributed by atoms with Crippen LogP contribution in [0.25, 0.3) is 0 Å². The second-order valence-electron chi connectivity index (χ2n) is 7.52. The summed E-state index contributed by atoms with van der Waals surface area (Å²) in [6.07, 6.45) is 1.67. The number of hydrogen-bond donors (Lipinski definition) is 1. The molecular formula is C26H26N4OS. The van der Waals surface area contributed by atoms with Crippen LogP contribution >= 0.6 is 11.8 Å². The summed E-state index contributed by atoms with van der Waals surface area (Å²) in [5, 5.41) is 12.6. The van der Waals surface area contributed by atoms with Gasteiger partial charge in [-0.25, -0.2) is 0 Å². The summed E-state index contributed by atoms with van der Waals surface area (Å²) in [6.45, 7) is 2.78. The van der Waals surface area contributed by atoms with E-state index in [-0.39, 0.29) is 11.7 Å². The lowest BCUT2D eigenvalue weighted by molar-refractivity contribution is -0.113. The van der Waals surface area contributed by atoms with Crippen molar-refractivity contribution in [3.63, 3.8) is 0 Å². The Balaban J connectivity index is 1.47. The van der Waals surface area contributed by atoms with Crippen LogP contribution in [0.15, 0.2) is 90.1 Å². The molecule has 0 fully saturated rings. The van der Waals surface area contributed by atoms with Crippen LogP contribution in [0, 0.1) is 0 Å². The zero-order valence-electron chi connectivity index (χ0n) is 18.1. The van der Waals surface area contributed by atoms with Gasteiger partial charge in [-0.1, -0.05) is 91.5 Å². The Morgan fingerprint density at radius 3 is 2.16 bits per heavy atom. The summed E-state index contributed by atoms with van der Waals surface area (Å²) in [4.78, 5) is 12.5. The highest BCUT2D eigenvalue weighted by Gasteiger charge is 2.15. The van der Waals surface area contributed by atoms with Gasteiger partial charge in [-0.15, -0.1) is 10.2 Å². The summed E-state index contributed by atoms with van der Waals surface area (Å²) in [5.41, 5.74) is 4.41. The number of amides is 1. The first kappa shape index (κ1) is 21.8. The minimum atomic E-state index is -0.0573. The first-order chi connectivity index (χ1) is 15.7. The first-order valence-electron chi connectivity index (χ1n) is 10.7. The van der Waals surface area contributed by atoms with Crippen LogP contribution < -0.4 is 5.32 Å². The van der Waals surface area contributed by atoms with Gasteiger partial charge in [0.2, 0.25) is 5.91 Å². The minimum Gasteiger partial charge on any atom is -0.325 e. The maximum atomic E-state index is 12.5. The number of aromatic nitrogens is 3. The van der Waals surface area contributed by atoms with E-state index in [2.05, 4.69) is 51.3 Å². The number of nitrogens with zero attached hydrogens (tertiary/aromatic N) is 3. The topological polar surface area (TPSA) is 59.8 Å².